The Bertz CT molecular complexity index is 2400. The molecule has 19 nitrogen and oxygen atoms in total. The average Bonchev–Trinajstić information content (AvgIpc) is 3.64. The number of carbonyl (C=O) groups excluding carboxylic acids is 6. The first-order chi connectivity index (χ1) is 32.1. The second-order valence-corrected chi connectivity index (χ2v) is 16.4. The van der Waals surface area contributed by atoms with Crippen LogP contribution in [-0.2, 0) is 25.7 Å². The van der Waals surface area contributed by atoms with Crippen LogP contribution in [0.1, 0.15) is 64.8 Å². The largest absolute Gasteiger partial charge is 0.381 e. The van der Waals surface area contributed by atoms with Gasteiger partial charge in [-0.2, -0.15) is 4.98 Å². The number of amides is 7. The standard InChI is InChI=1S/C46H55ClN12O7/c1-48-42(62)35-7-2-3-8-37(35)54-41-36(47)28-51-45(56-41)53-31-9-12-33(13-10-31)57-21-23-58(24-22-57)46(65)50-19-4-5-25-66-26-6-18-49-20-17-40(61)52-32-11-14-34-30(27-32)29-59(44(34)64)38-15-16-39(60)55-43(38)63/h2-3,7-14,27-28,38,49H,4-6,15-26,29H2,1H3,(H,48,62)(H,50,65)(H,52,61)(H,55,60,63)(H2,51,53,54,56). The lowest BCUT2D eigenvalue weighted by Gasteiger charge is -2.36. The predicted octanol–water partition coefficient (Wildman–Crippen LogP) is 4.37. The molecule has 7 amide bonds. The smallest absolute Gasteiger partial charge is 0.317 e. The molecule has 3 aliphatic heterocycles. The van der Waals surface area contributed by atoms with E-state index in [1.807, 2.05) is 35.2 Å². The van der Waals surface area contributed by atoms with E-state index in [9.17, 15) is 28.8 Å². The molecule has 3 aliphatic rings. The molecule has 348 valence electrons. The van der Waals surface area contributed by atoms with Gasteiger partial charge in [0.05, 0.1) is 17.4 Å². The molecule has 2 fully saturated rings. The summed E-state index contributed by atoms with van der Waals surface area (Å²) >= 11 is 6.39. The summed E-state index contributed by atoms with van der Waals surface area (Å²) in [5.74, 6) is -0.742. The molecule has 1 aromatic heterocycles. The Balaban J connectivity index is 0.703. The summed E-state index contributed by atoms with van der Waals surface area (Å²) in [6.07, 6.45) is 4.69. The summed E-state index contributed by atoms with van der Waals surface area (Å²) in [7, 11) is 1.57. The van der Waals surface area contributed by atoms with Gasteiger partial charge in [-0.3, -0.25) is 29.3 Å². The number of ether oxygens (including phenoxy) is 1. The average molecular weight is 923 g/mol. The van der Waals surface area contributed by atoms with Crippen molar-refractivity contribution in [3.05, 3.63) is 94.6 Å². The second kappa shape index (κ2) is 22.9. The minimum Gasteiger partial charge on any atom is -0.381 e. The number of carbonyl (C=O) groups is 6. The van der Waals surface area contributed by atoms with Crippen LogP contribution < -0.4 is 42.1 Å². The Kier molecular flexibility index (Phi) is 16.3. The topological polar surface area (TPSA) is 231 Å². The Morgan fingerprint density at radius 2 is 1.65 bits per heavy atom. The number of imide groups is 1. The lowest BCUT2D eigenvalue weighted by Crippen LogP contribution is -2.52. The zero-order valence-electron chi connectivity index (χ0n) is 36.8. The SMILES string of the molecule is CNC(=O)c1ccccc1Nc1nc(Nc2ccc(N3CCN(C(=O)NCCCCOCCCNCCC(=O)Nc4ccc5c(c4)CN(C4CCC(=O)NC4=O)C5=O)CC3)cc2)ncc1Cl. The van der Waals surface area contributed by atoms with Crippen molar-refractivity contribution in [1.82, 2.24) is 41.0 Å². The van der Waals surface area contributed by atoms with Crippen molar-refractivity contribution >= 4 is 81.7 Å². The number of aromatic nitrogens is 2. The fourth-order valence-corrected chi connectivity index (χ4v) is 8.00. The number of halogens is 1. The highest BCUT2D eigenvalue weighted by molar-refractivity contribution is 6.33. The number of nitrogens with one attached hydrogen (secondary N) is 7. The van der Waals surface area contributed by atoms with E-state index in [1.54, 1.807) is 43.4 Å². The van der Waals surface area contributed by atoms with E-state index in [4.69, 9.17) is 16.3 Å². The van der Waals surface area contributed by atoms with E-state index in [2.05, 4.69) is 52.1 Å². The van der Waals surface area contributed by atoms with E-state index in [0.29, 0.717) is 105 Å². The molecule has 0 spiro atoms. The van der Waals surface area contributed by atoms with E-state index in [-0.39, 0.29) is 49.0 Å². The fourth-order valence-electron chi connectivity index (χ4n) is 7.86. The maximum absolute atomic E-state index is 12.9. The molecule has 20 heteroatoms. The van der Waals surface area contributed by atoms with Crippen LogP contribution in [0.4, 0.5) is 39.3 Å². The third kappa shape index (κ3) is 12.5. The maximum Gasteiger partial charge on any atom is 0.317 e. The van der Waals surface area contributed by atoms with Crippen LogP contribution in [0.25, 0.3) is 0 Å². The molecule has 66 heavy (non-hydrogen) atoms. The molecule has 4 heterocycles. The molecular weight excluding hydrogens is 868 g/mol. The molecular formula is C46H55ClN12O7. The Labute approximate surface area is 387 Å². The lowest BCUT2D eigenvalue weighted by molar-refractivity contribution is -0.137. The molecule has 2 saturated heterocycles. The quantitative estimate of drug-likeness (QED) is 0.0483. The Morgan fingerprint density at radius 3 is 2.44 bits per heavy atom. The van der Waals surface area contributed by atoms with Crippen LogP contribution >= 0.6 is 11.6 Å². The number of anilines is 6. The third-order valence-electron chi connectivity index (χ3n) is 11.4. The molecule has 0 aliphatic carbocycles. The number of piperazine rings is 1. The first-order valence-electron chi connectivity index (χ1n) is 22.2. The van der Waals surface area contributed by atoms with Crippen molar-refractivity contribution in [1.29, 1.82) is 0 Å². The summed E-state index contributed by atoms with van der Waals surface area (Å²) in [5, 5.41) is 20.8. The molecule has 7 rings (SSSR count). The molecule has 0 bridgehead atoms. The van der Waals surface area contributed by atoms with Gasteiger partial charge >= 0.3 is 6.03 Å². The number of para-hydroxylation sites is 1. The monoisotopic (exact) mass is 922 g/mol. The van der Waals surface area contributed by atoms with Gasteiger partial charge in [-0.25, -0.2) is 9.78 Å². The van der Waals surface area contributed by atoms with Crippen molar-refractivity contribution in [3.63, 3.8) is 0 Å². The van der Waals surface area contributed by atoms with Gasteiger partial charge in [-0.1, -0.05) is 23.7 Å². The summed E-state index contributed by atoms with van der Waals surface area (Å²) in [5.41, 5.74) is 4.65. The van der Waals surface area contributed by atoms with Crippen molar-refractivity contribution in [3.8, 4) is 0 Å². The molecule has 1 atom stereocenters. The number of unbranched alkanes of at least 4 members (excludes halogenated alkanes) is 1. The molecule has 7 N–H and O–H groups in total. The van der Waals surface area contributed by atoms with Gasteiger partial charge in [-0.15, -0.1) is 0 Å². The highest BCUT2D eigenvalue weighted by Gasteiger charge is 2.39. The van der Waals surface area contributed by atoms with Crippen molar-refractivity contribution in [2.75, 3.05) is 86.9 Å². The maximum atomic E-state index is 12.9. The fraction of sp³-hybridized carbons (Fsp3) is 0.391. The van der Waals surface area contributed by atoms with E-state index < -0.39 is 11.9 Å². The van der Waals surface area contributed by atoms with Gasteiger partial charge in [0.15, 0.2) is 5.82 Å². The number of hydrogen-bond donors (Lipinski definition) is 7. The van der Waals surface area contributed by atoms with Crippen LogP contribution in [0.2, 0.25) is 5.02 Å². The second-order valence-electron chi connectivity index (χ2n) is 16.0. The van der Waals surface area contributed by atoms with E-state index in [1.165, 1.54) is 11.1 Å². The van der Waals surface area contributed by atoms with Gasteiger partial charge < -0.3 is 51.3 Å². The Hall–Kier alpha value is -6.83. The van der Waals surface area contributed by atoms with Gasteiger partial charge in [0, 0.05) is 102 Å². The summed E-state index contributed by atoms with van der Waals surface area (Å²) < 4.78 is 5.76. The van der Waals surface area contributed by atoms with Gasteiger partial charge in [0.25, 0.3) is 11.8 Å². The summed E-state index contributed by atoms with van der Waals surface area (Å²) in [6, 6.07) is 19.3. The van der Waals surface area contributed by atoms with Gasteiger partial charge in [0.1, 0.15) is 11.1 Å². The minimum atomic E-state index is -0.684. The zero-order chi connectivity index (χ0) is 46.4. The minimum absolute atomic E-state index is 0.0639. The number of nitrogens with zero attached hydrogens (tertiary/aromatic N) is 5. The molecule has 0 radical (unpaired) electrons. The van der Waals surface area contributed by atoms with Crippen molar-refractivity contribution in [2.24, 2.45) is 0 Å². The first kappa shape index (κ1) is 47.1. The zero-order valence-corrected chi connectivity index (χ0v) is 37.5. The van der Waals surface area contributed by atoms with Crippen LogP contribution in [0.3, 0.4) is 0 Å². The third-order valence-corrected chi connectivity index (χ3v) is 11.7. The number of fused-ring (bicyclic) bond motifs is 1. The molecule has 0 saturated carbocycles. The normalized spacial score (nSPS) is 15.8. The number of urea groups is 1. The van der Waals surface area contributed by atoms with Gasteiger partial charge in [0.2, 0.25) is 23.7 Å². The molecule has 4 aromatic rings. The summed E-state index contributed by atoms with van der Waals surface area (Å²) in [6.45, 7) is 5.84. The number of piperidine rings is 1. The van der Waals surface area contributed by atoms with Crippen LogP contribution in [0.15, 0.2) is 72.9 Å². The molecule has 3 aromatic carbocycles. The van der Waals surface area contributed by atoms with Crippen LogP contribution in [0.5, 0.6) is 0 Å². The summed E-state index contributed by atoms with van der Waals surface area (Å²) in [4.78, 5) is 88.8. The van der Waals surface area contributed by atoms with Crippen LogP contribution in [0, 0.1) is 0 Å². The number of rotatable bonds is 20. The highest BCUT2D eigenvalue weighted by atomic mass is 35.5. The highest BCUT2D eigenvalue weighted by Crippen LogP contribution is 2.30. The first-order valence-corrected chi connectivity index (χ1v) is 22.6. The van der Waals surface area contributed by atoms with Crippen molar-refractivity contribution < 1.29 is 33.5 Å². The van der Waals surface area contributed by atoms with E-state index >= 15 is 0 Å². The lowest BCUT2D eigenvalue weighted by atomic mass is 10.0. The number of benzene rings is 3. The predicted molar refractivity (Wildman–Crippen MR) is 250 cm³/mol. The van der Waals surface area contributed by atoms with Crippen molar-refractivity contribution in [2.45, 2.75) is 51.1 Å². The number of hydrogen-bond acceptors (Lipinski definition) is 13. The Morgan fingerprint density at radius 1 is 0.879 bits per heavy atom. The molecule has 1 unspecified atom stereocenters. The van der Waals surface area contributed by atoms with Gasteiger partial charge in [-0.05, 0) is 92.4 Å². The van der Waals surface area contributed by atoms with Crippen LogP contribution in [-0.4, -0.2) is 127 Å². The van der Waals surface area contributed by atoms with E-state index in [0.717, 1.165) is 36.2 Å².